The number of halogens is 4. The highest BCUT2D eigenvalue weighted by Gasteiger charge is 2.18. The third-order valence-corrected chi connectivity index (χ3v) is 6.19. The molecule has 0 spiro atoms. The van der Waals surface area contributed by atoms with Gasteiger partial charge in [0.1, 0.15) is 12.3 Å². The van der Waals surface area contributed by atoms with Crippen LogP contribution in [0.25, 0.3) is 22.5 Å². The highest BCUT2D eigenvalue weighted by molar-refractivity contribution is 6.33. The molecular weight excluding hydrogens is 529 g/mol. The number of aliphatic imine (C=N–C) groups is 1. The van der Waals surface area contributed by atoms with Crippen molar-refractivity contribution in [2.24, 2.45) is 10.7 Å². The summed E-state index contributed by atoms with van der Waals surface area (Å²) in [5.41, 5.74) is 8.67. The number of carbonyl (C=O) groups excluding carboxylic acids is 1. The minimum Gasteiger partial charge on any atom is -0.494 e. The molecule has 0 radical (unpaired) electrons. The molecule has 1 heterocycles. The Bertz CT molecular complexity index is 1500. The van der Waals surface area contributed by atoms with Gasteiger partial charge in [-0.05, 0) is 60.5 Å². The van der Waals surface area contributed by atoms with Gasteiger partial charge in [-0.1, -0.05) is 42.8 Å². The monoisotopic (exact) mass is 554 g/mol. The first-order chi connectivity index (χ1) is 18.8. The standard InChI is InChI=1S/C29H26ClF3N4O2/c1-2-15-39-20-10-7-18(8-11-20)24-13-14-25(21-5-3-4-6-22(21)30)37(24)17-26(38)36-29(34)35-16-19-9-12-23(31)28(33)27(19)32/h3-14H,2,15-17H2,1H3,(H3,34,35,36,38). The second-order valence-electron chi connectivity index (χ2n) is 8.63. The predicted molar refractivity (Wildman–Crippen MR) is 146 cm³/mol. The van der Waals surface area contributed by atoms with Crippen molar-refractivity contribution in [3.63, 3.8) is 0 Å². The van der Waals surface area contributed by atoms with Crippen molar-refractivity contribution in [2.45, 2.75) is 26.4 Å². The Morgan fingerprint density at radius 2 is 1.69 bits per heavy atom. The summed E-state index contributed by atoms with van der Waals surface area (Å²) in [7, 11) is 0. The average molecular weight is 555 g/mol. The third kappa shape index (κ3) is 6.61. The number of nitrogens with two attached hydrogens (primary N) is 1. The van der Waals surface area contributed by atoms with Gasteiger partial charge >= 0.3 is 0 Å². The van der Waals surface area contributed by atoms with E-state index in [2.05, 4.69) is 10.3 Å². The maximum atomic E-state index is 13.9. The van der Waals surface area contributed by atoms with E-state index >= 15 is 0 Å². The number of carbonyl (C=O) groups is 1. The lowest BCUT2D eigenvalue weighted by molar-refractivity contribution is -0.120. The van der Waals surface area contributed by atoms with E-state index in [4.69, 9.17) is 22.1 Å². The van der Waals surface area contributed by atoms with Gasteiger partial charge < -0.3 is 15.0 Å². The van der Waals surface area contributed by atoms with E-state index in [0.29, 0.717) is 17.3 Å². The first-order valence-corrected chi connectivity index (χ1v) is 12.6. The lowest BCUT2D eigenvalue weighted by Gasteiger charge is -2.15. The van der Waals surface area contributed by atoms with E-state index in [1.54, 1.807) is 10.6 Å². The fourth-order valence-electron chi connectivity index (χ4n) is 3.96. The number of nitrogens with one attached hydrogen (secondary N) is 1. The topological polar surface area (TPSA) is 81.6 Å². The van der Waals surface area contributed by atoms with Crippen LogP contribution in [0.15, 0.2) is 77.8 Å². The van der Waals surface area contributed by atoms with Crippen LogP contribution >= 0.6 is 11.6 Å². The van der Waals surface area contributed by atoms with Gasteiger partial charge in [-0.25, -0.2) is 18.2 Å². The number of nitrogens with zero attached hydrogens (tertiary/aromatic N) is 2. The smallest absolute Gasteiger partial charge is 0.246 e. The van der Waals surface area contributed by atoms with E-state index in [-0.39, 0.29) is 24.6 Å². The van der Waals surface area contributed by atoms with Crippen molar-refractivity contribution in [2.75, 3.05) is 6.61 Å². The number of rotatable bonds is 9. The Balaban J connectivity index is 1.58. The maximum Gasteiger partial charge on any atom is 0.246 e. The van der Waals surface area contributed by atoms with Crippen LogP contribution in [0.4, 0.5) is 13.2 Å². The van der Waals surface area contributed by atoms with Crippen molar-refractivity contribution >= 4 is 23.5 Å². The summed E-state index contributed by atoms with van der Waals surface area (Å²) in [6, 6.07) is 20.4. The zero-order chi connectivity index (χ0) is 27.9. The molecule has 0 aliphatic rings. The van der Waals surface area contributed by atoms with Crippen molar-refractivity contribution in [3.8, 4) is 28.3 Å². The maximum absolute atomic E-state index is 13.9. The minimum absolute atomic E-state index is 0.146. The van der Waals surface area contributed by atoms with Gasteiger partial charge in [0.25, 0.3) is 0 Å². The lowest BCUT2D eigenvalue weighted by Crippen LogP contribution is -2.39. The van der Waals surface area contributed by atoms with Crippen LogP contribution in [-0.4, -0.2) is 23.0 Å². The normalized spacial score (nSPS) is 11.5. The van der Waals surface area contributed by atoms with Crippen LogP contribution in [0.2, 0.25) is 5.02 Å². The summed E-state index contributed by atoms with van der Waals surface area (Å²) >= 11 is 6.46. The molecule has 1 aromatic heterocycles. The Morgan fingerprint density at radius 1 is 0.974 bits per heavy atom. The molecule has 0 saturated carbocycles. The van der Waals surface area contributed by atoms with Crippen LogP contribution in [-0.2, 0) is 17.9 Å². The van der Waals surface area contributed by atoms with Gasteiger partial charge in [0.2, 0.25) is 5.91 Å². The summed E-state index contributed by atoms with van der Waals surface area (Å²) in [5, 5.41) is 2.98. The van der Waals surface area contributed by atoms with E-state index in [9.17, 15) is 18.0 Å². The van der Waals surface area contributed by atoms with Gasteiger partial charge in [0.15, 0.2) is 23.4 Å². The molecule has 4 rings (SSSR count). The SMILES string of the molecule is CCCOc1ccc(-c2ccc(-c3ccccc3Cl)n2CC(=O)NC(N)=NCc2ccc(F)c(F)c2F)cc1. The molecule has 0 atom stereocenters. The molecule has 0 saturated heterocycles. The molecule has 39 heavy (non-hydrogen) atoms. The molecule has 0 aliphatic heterocycles. The molecule has 0 fully saturated rings. The number of amides is 1. The van der Waals surface area contributed by atoms with Gasteiger partial charge in [0, 0.05) is 21.8 Å². The molecule has 0 unspecified atom stereocenters. The van der Waals surface area contributed by atoms with Crippen molar-refractivity contribution in [1.29, 1.82) is 0 Å². The average Bonchev–Trinajstić information content (AvgIpc) is 3.33. The lowest BCUT2D eigenvalue weighted by atomic mass is 10.1. The summed E-state index contributed by atoms with van der Waals surface area (Å²) in [6.45, 7) is 2.10. The number of guanidine groups is 1. The van der Waals surface area contributed by atoms with Crippen LogP contribution < -0.4 is 15.8 Å². The molecule has 4 aromatic rings. The highest BCUT2D eigenvalue weighted by atomic mass is 35.5. The van der Waals surface area contributed by atoms with Crippen molar-refractivity contribution in [1.82, 2.24) is 9.88 Å². The Labute approximate surface area is 228 Å². The first kappa shape index (κ1) is 27.8. The second-order valence-corrected chi connectivity index (χ2v) is 9.03. The van der Waals surface area contributed by atoms with E-state index in [0.717, 1.165) is 41.1 Å². The zero-order valence-corrected chi connectivity index (χ0v) is 21.8. The number of aromatic nitrogens is 1. The molecular formula is C29H26ClF3N4O2. The van der Waals surface area contributed by atoms with Crippen LogP contribution in [0.3, 0.4) is 0 Å². The first-order valence-electron chi connectivity index (χ1n) is 12.2. The Kier molecular flexibility index (Phi) is 8.93. The fourth-order valence-corrected chi connectivity index (χ4v) is 4.19. The van der Waals surface area contributed by atoms with Gasteiger partial charge in [-0.2, -0.15) is 0 Å². The number of ether oxygens (including phenoxy) is 1. The van der Waals surface area contributed by atoms with Crippen molar-refractivity contribution in [3.05, 3.63) is 101 Å². The van der Waals surface area contributed by atoms with Crippen molar-refractivity contribution < 1.29 is 22.7 Å². The number of benzene rings is 3. The van der Waals surface area contributed by atoms with E-state index in [1.165, 1.54) is 0 Å². The summed E-state index contributed by atoms with van der Waals surface area (Å²) in [4.78, 5) is 16.9. The molecule has 3 N–H and O–H groups in total. The van der Waals surface area contributed by atoms with Crippen LogP contribution in [0, 0.1) is 17.5 Å². The molecule has 10 heteroatoms. The largest absolute Gasteiger partial charge is 0.494 e. The van der Waals surface area contributed by atoms with Gasteiger partial charge in [-0.3, -0.25) is 10.1 Å². The number of hydrogen-bond acceptors (Lipinski definition) is 3. The molecule has 3 aromatic carbocycles. The van der Waals surface area contributed by atoms with E-state index < -0.39 is 23.4 Å². The van der Waals surface area contributed by atoms with Gasteiger partial charge in [-0.15, -0.1) is 0 Å². The molecule has 6 nitrogen and oxygen atoms in total. The summed E-state index contributed by atoms with van der Waals surface area (Å²) in [5.74, 6) is -4.32. The molecule has 1 amide bonds. The highest BCUT2D eigenvalue weighted by Crippen LogP contribution is 2.33. The molecule has 0 bridgehead atoms. The Hall–Kier alpha value is -4.24. The van der Waals surface area contributed by atoms with Crippen LogP contribution in [0.5, 0.6) is 5.75 Å². The third-order valence-electron chi connectivity index (χ3n) is 5.86. The predicted octanol–water partition coefficient (Wildman–Crippen LogP) is 6.31. The van der Waals surface area contributed by atoms with Crippen LogP contribution in [0.1, 0.15) is 18.9 Å². The minimum atomic E-state index is -1.59. The number of hydrogen-bond donors (Lipinski definition) is 2. The summed E-state index contributed by atoms with van der Waals surface area (Å²) < 4.78 is 48.0. The Morgan fingerprint density at radius 3 is 2.41 bits per heavy atom. The quantitative estimate of drug-likeness (QED) is 0.144. The second kappa shape index (κ2) is 12.5. The molecule has 202 valence electrons. The molecule has 0 aliphatic carbocycles. The summed E-state index contributed by atoms with van der Waals surface area (Å²) in [6.07, 6.45) is 0.892. The zero-order valence-electron chi connectivity index (χ0n) is 21.1. The van der Waals surface area contributed by atoms with Gasteiger partial charge in [0.05, 0.1) is 18.8 Å². The van der Waals surface area contributed by atoms with E-state index in [1.807, 2.05) is 61.5 Å². The fraction of sp³-hybridized carbons (Fsp3) is 0.172.